The summed E-state index contributed by atoms with van der Waals surface area (Å²) in [6, 6.07) is 2.40. The van der Waals surface area contributed by atoms with Gasteiger partial charge in [0.25, 0.3) is 0 Å². The number of halogens is 1. The fourth-order valence-electron chi connectivity index (χ4n) is 3.77. The van der Waals surface area contributed by atoms with E-state index in [2.05, 4.69) is 48.1 Å². The molecule has 1 fully saturated rings. The van der Waals surface area contributed by atoms with Crippen LogP contribution in [0.2, 0.25) is 1.41 Å². The molecule has 2 atom stereocenters. The summed E-state index contributed by atoms with van der Waals surface area (Å²) in [6.45, 7) is 9.58. The molecular weight excluding hydrogens is 314 g/mol. The Bertz CT molecular complexity index is 569. The molecule has 1 aromatic rings. The molecular formula is C16H24BrN3. The van der Waals surface area contributed by atoms with Crippen molar-refractivity contribution in [2.24, 2.45) is 5.41 Å². The molecule has 2 aliphatic rings. The Morgan fingerprint density at radius 2 is 2.20 bits per heavy atom. The molecule has 110 valence electrons. The minimum Gasteiger partial charge on any atom is -0.363 e. The second-order valence-corrected chi connectivity index (χ2v) is 8.12. The summed E-state index contributed by atoms with van der Waals surface area (Å²) in [5, 5.41) is 5.52. The summed E-state index contributed by atoms with van der Waals surface area (Å²) in [7, 11) is 0. The zero-order valence-corrected chi connectivity index (χ0v) is 14.3. The van der Waals surface area contributed by atoms with Gasteiger partial charge in [-0.15, -0.1) is 0 Å². The van der Waals surface area contributed by atoms with Crippen LogP contribution < -0.4 is 10.6 Å². The maximum Gasteiger partial charge on any atom is 0.130 e. The number of aryl methyl sites for hydroxylation is 2. The van der Waals surface area contributed by atoms with E-state index in [1.54, 1.807) is 5.31 Å². The van der Waals surface area contributed by atoms with Crippen molar-refractivity contribution in [1.82, 2.24) is 10.3 Å². The monoisotopic (exact) mass is 338 g/mol. The molecule has 3 nitrogen and oxygen atoms in total. The largest absolute Gasteiger partial charge is 0.363 e. The first kappa shape index (κ1) is 13.1. The lowest BCUT2D eigenvalue weighted by molar-refractivity contribution is 0.211. The topological polar surface area (TPSA) is 37.0 Å². The van der Waals surface area contributed by atoms with Crippen molar-refractivity contribution >= 4 is 21.7 Å². The van der Waals surface area contributed by atoms with E-state index in [4.69, 9.17) is 6.40 Å². The highest BCUT2D eigenvalue weighted by molar-refractivity contribution is 9.10. The highest BCUT2D eigenvalue weighted by atomic mass is 79.9. The molecule has 1 aromatic heterocycles. The zero-order valence-electron chi connectivity index (χ0n) is 13.8. The van der Waals surface area contributed by atoms with Crippen LogP contribution in [-0.4, -0.2) is 23.1 Å². The lowest BCUT2D eigenvalue weighted by Crippen LogP contribution is -2.57. The lowest BCUT2D eigenvalue weighted by atomic mass is 9.71. The predicted molar refractivity (Wildman–Crippen MR) is 87.2 cm³/mol. The van der Waals surface area contributed by atoms with Gasteiger partial charge in [-0.05, 0) is 65.7 Å². The summed E-state index contributed by atoms with van der Waals surface area (Å²) < 4.78 is 9.42. The summed E-state index contributed by atoms with van der Waals surface area (Å²) in [5.74, 6) is 1.02. The first-order chi connectivity index (χ1) is 9.73. The van der Waals surface area contributed by atoms with Crippen molar-refractivity contribution in [1.29, 1.82) is 0 Å². The molecule has 0 aliphatic carbocycles. The second-order valence-electron chi connectivity index (χ2n) is 7.27. The van der Waals surface area contributed by atoms with Gasteiger partial charge in [0, 0.05) is 10.5 Å². The fraction of sp³-hybridized carbons (Fsp3) is 0.688. The van der Waals surface area contributed by atoms with Crippen LogP contribution in [0.15, 0.2) is 10.5 Å². The van der Waals surface area contributed by atoms with E-state index in [-0.39, 0.29) is 17.0 Å². The Morgan fingerprint density at radius 1 is 1.45 bits per heavy atom. The van der Waals surface area contributed by atoms with Gasteiger partial charge < -0.3 is 10.6 Å². The smallest absolute Gasteiger partial charge is 0.130 e. The molecule has 2 unspecified atom stereocenters. The molecule has 1 saturated heterocycles. The standard InChI is InChI=1S/C16H24BrN3/c1-10-12(17)9-11-5-6-16(20-13(11)19-10)7-8-18-14(16)15(2,3)4/h9,14,18H,5-8H2,1-4H3,(H,19,20)/i/hD. The number of pyridine rings is 1. The van der Waals surface area contributed by atoms with E-state index < -0.39 is 0 Å². The number of anilines is 1. The van der Waals surface area contributed by atoms with Crippen LogP contribution in [0.1, 0.15) is 44.9 Å². The van der Waals surface area contributed by atoms with Gasteiger partial charge in [-0.1, -0.05) is 20.8 Å². The summed E-state index contributed by atoms with van der Waals surface area (Å²) in [6.07, 6.45) is 3.14. The normalized spacial score (nSPS) is 31.1. The Kier molecular flexibility index (Phi) is 3.08. The van der Waals surface area contributed by atoms with Crippen molar-refractivity contribution in [3.8, 4) is 0 Å². The van der Waals surface area contributed by atoms with E-state index in [0.29, 0.717) is 0 Å². The number of aromatic nitrogens is 1. The van der Waals surface area contributed by atoms with Crippen molar-refractivity contribution in [3.05, 3.63) is 21.8 Å². The number of rotatable bonds is 0. The van der Waals surface area contributed by atoms with Crippen LogP contribution in [-0.2, 0) is 6.42 Å². The second kappa shape index (κ2) is 4.70. The van der Waals surface area contributed by atoms with Crippen LogP contribution >= 0.6 is 15.9 Å². The first-order valence-electron chi connectivity index (χ1n) is 7.87. The summed E-state index contributed by atoms with van der Waals surface area (Å²) in [4.78, 5) is 4.74. The molecule has 4 heteroatoms. The van der Waals surface area contributed by atoms with Gasteiger partial charge in [-0.2, -0.15) is 0 Å². The minimum absolute atomic E-state index is 0.0136. The number of hydrogen-bond acceptors (Lipinski definition) is 3. The van der Waals surface area contributed by atoms with Gasteiger partial charge in [-0.3, -0.25) is 0 Å². The Morgan fingerprint density at radius 3 is 2.90 bits per heavy atom. The predicted octanol–water partition coefficient (Wildman–Crippen LogP) is 3.66. The number of nitrogens with zero attached hydrogens (tertiary/aromatic N) is 1. The highest BCUT2D eigenvalue weighted by Gasteiger charge is 2.49. The quantitative estimate of drug-likeness (QED) is 0.757. The molecule has 0 saturated carbocycles. The SMILES string of the molecule is [2H]N1CCC2(CCc3cc(Br)c(C)nc3N2)C1C(C)(C)C. The Balaban J connectivity index is 1.99. The van der Waals surface area contributed by atoms with Crippen LogP contribution in [0, 0.1) is 12.3 Å². The third-order valence-electron chi connectivity index (χ3n) is 4.65. The molecule has 0 radical (unpaired) electrons. The lowest BCUT2D eigenvalue weighted by Gasteiger charge is -2.46. The van der Waals surface area contributed by atoms with Gasteiger partial charge in [0.15, 0.2) is 0 Å². The van der Waals surface area contributed by atoms with Gasteiger partial charge in [0.2, 0.25) is 0 Å². The van der Waals surface area contributed by atoms with Crippen LogP contribution in [0.3, 0.4) is 0 Å². The zero-order chi connectivity index (χ0) is 15.4. The fourth-order valence-corrected chi connectivity index (χ4v) is 4.14. The Hall–Kier alpha value is -0.610. The third kappa shape index (κ3) is 2.27. The van der Waals surface area contributed by atoms with Gasteiger partial charge in [-0.25, -0.2) is 4.98 Å². The minimum atomic E-state index is -0.0136. The Labute approximate surface area is 131 Å². The average molecular weight is 339 g/mol. The number of nitrogens with one attached hydrogen (secondary N) is 2. The molecule has 3 heterocycles. The van der Waals surface area contributed by atoms with E-state index in [1.807, 2.05) is 6.92 Å². The molecule has 0 aromatic carbocycles. The molecule has 0 amide bonds. The summed E-state index contributed by atoms with van der Waals surface area (Å²) >= 11 is 3.57. The number of hydrogen-bond donors (Lipinski definition) is 2. The average Bonchev–Trinajstić information content (AvgIpc) is 2.68. The third-order valence-corrected chi connectivity index (χ3v) is 5.45. The van der Waals surface area contributed by atoms with Crippen molar-refractivity contribution in [3.63, 3.8) is 0 Å². The molecule has 2 aliphatic heterocycles. The number of fused-ring (bicyclic) bond motifs is 1. The molecule has 20 heavy (non-hydrogen) atoms. The maximum atomic E-state index is 8.33. The van der Waals surface area contributed by atoms with Crippen LogP contribution in [0.25, 0.3) is 0 Å². The van der Waals surface area contributed by atoms with Crippen molar-refractivity contribution in [2.45, 2.75) is 58.5 Å². The molecule has 1 spiro atoms. The summed E-state index contributed by atoms with van der Waals surface area (Å²) in [5.41, 5.74) is 2.37. The highest BCUT2D eigenvalue weighted by Crippen LogP contribution is 2.43. The van der Waals surface area contributed by atoms with Crippen LogP contribution in [0.4, 0.5) is 5.82 Å². The van der Waals surface area contributed by atoms with E-state index in [1.165, 1.54) is 5.56 Å². The molecule has 2 N–H and O–H groups in total. The van der Waals surface area contributed by atoms with Crippen molar-refractivity contribution < 1.29 is 1.41 Å². The van der Waals surface area contributed by atoms with Gasteiger partial charge in [0.05, 0.1) is 11.2 Å². The van der Waals surface area contributed by atoms with Crippen molar-refractivity contribution in [2.75, 3.05) is 11.9 Å². The van der Waals surface area contributed by atoms with Crippen LogP contribution in [0.5, 0.6) is 0 Å². The first-order valence-corrected chi connectivity index (χ1v) is 8.22. The van der Waals surface area contributed by atoms with E-state index >= 15 is 0 Å². The van der Waals surface area contributed by atoms with Gasteiger partial charge >= 0.3 is 0 Å². The van der Waals surface area contributed by atoms with E-state index in [0.717, 1.165) is 41.8 Å². The maximum absolute atomic E-state index is 8.33. The molecule has 0 bridgehead atoms. The van der Waals surface area contributed by atoms with E-state index in [9.17, 15) is 0 Å². The molecule has 3 rings (SSSR count). The van der Waals surface area contributed by atoms with Gasteiger partial charge in [0.1, 0.15) is 7.23 Å².